The van der Waals surface area contributed by atoms with Crippen LogP contribution in [-0.2, 0) is 6.61 Å². The highest BCUT2D eigenvalue weighted by Gasteiger charge is 2.07. The second kappa shape index (κ2) is 8.73. The molecule has 0 N–H and O–H groups in total. The minimum Gasteiger partial charge on any atom is -0.488 e. The van der Waals surface area contributed by atoms with Gasteiger partial charge >= 0.3 is 0 Å². The number of nitrogens with zero attached hydrogens (tertiary/aromatic N) is 1. The van der Waals surface area contributed by atoms with Gasteiger partial charge in [-0.2, -0.15) is 5.26 Å². The molecule has 0 aliphatic carbocycles. The Morgan fingerprint density at radius 2 is 1.63 bits per heavy atom. The van der Waals surface area contributed by atoms with Crippen molar-refractivity contribution in [2.75, 3.05) is 0 Å². The molecule has 0 amide bonds. The SMILES string of the molecule is N#C/C(=C\c1cc(Cl)ccc1OCc1ccc(F)cc1)c1ccc(Cl)cc1. The number of ether oxygens (including phenoxy) is 1. The third kappa shape index (κ3) is 5.10. The van der Waals surface area contributed by atoms with Crippen molar-refractivity contribution in [1.82, 2.24) is 0 Å². The number of hydrogen-bond acceptors (Lipinski definition) is 2. The van der Waals surface area contributed by atoms with Gasteiger partial charge in [-0.05, 0) is 59.7 Å². The molecule has 0 aromatic heterocycles. The van der Waals surface area contributed by atoms with Crippen molar-refractivity contribution in [3.8, 4) is 11.8 Å². The molecule has 0 radical (unpaired) electrons. The molecule has 0 spiro atoms. The molecule has 0 atom stereocenters. The first-order valence-corrected chi connectivity index (χ1v) is 8.85. The second-order valence-electron chi connectivity index (χ2n) is 5.77. The number of halogens is 3. The highest BCUT2D eigenvalue weighted by Crippen LogP contribution is 2.28. The summed E-state index contributed by atoms with van der Waals surface area (Å²) in [5.41, 5.74) is 2.71. The lowest BCUT2D eigenvalue weighted by atomic mass is 10.0. The Hall–Kier alpha value is -2.80. The summed E-state index contributed by atoms with van der Waals surface area (Å²) in [5.74, 6) is 0.279. The summed E-state index contributed by atoms with van der Waals surface area (Å²) in [6.45, 7) is 0.269. The Kier molecular flexibility index (Phi) is 6.13. The number of hydrogen-bond donors (Lipinski definition) is 0. The predicted molar refractivity (Wildman–Crippen MR) is 107 cm³/mol. The monoisotopic (exact) mass is 397 g/mol. The van der Waals surface area contributed by atoms with Gasteiger partial charge in [-0.15, -0.1) is 0 Å². The van der Waals surface area contributed by atoms with E-state index in [1.807, 2.05) is 0 Å². The van der Waals surface area contributed by atoms with Crippen molar-refractivity contribution >= 4 is 34.9 Å². The molecule has 0 aliphatic heterocycles. The molecule has 0 saturated heterocycles. The molecule has 3 aromatic rings. The zero-order chi connectivity index (χ0) is 19.2. The largest absolute Gasteiger partial charge is 0.488 e. The maximum atomic E-state index is 13.0. The molecule has 0 bridgehead atoms. The highest BCUT2D eigenvalue weighted by atomic mass is 35.5. The zero-order valence-electron chi connectivity index (χ0n) is 14.1. The van der Waals surface area contributed by atoms with E-state index in [-0.39, 0.29) is 12.4 Å². The normalized spacial score (nSPS) is 11.1. The Balaban J connectivity index is 1.89. The van der Waals surface area contributed by atoms with Crippen LogP contribution in [0.5, 0.6) is 5.75 Å². The van der Waals surface area contributed by atoms with Gasteiger partial charge in [-0.3, -0.25) is 0 Å². The molecule has 2 nitrogen and oxygen atoms in total. The Bertz CT molecular complexity index is 1010. The molecule has 0 saturated carbocycles. The van der Waals surface area contributed by atoms with Gasteiger partial charge in [0.2, 0.25) is 0 Å². The molecule has 0 fully saturated rings. The van der Waals surface area contributed by atoms with Crippen molar-refractivity contribution in [2.45, 2.75) is 6.61 Å². The molecule has 134 valence electrons. The molecule has 3 aromatic carbocycles. The maximum absolute atomic E-state index is 13.0. The summed E-state index contributed by atoms with van der Waals surface area (Å²) in [4.78, 5) is 0. The topological polar surface area (TPSA) is 33.0 Å². The van der Waals surface area contributed by atoms with Crippen LogP contribution >= 0.6 is 23.2 Å². The minimum absolute atomic E-state index is 0.269. The molecule has 3 rings (SSSR count). The van der Waals surface area contributed by atoms with Gasteiger partial charge in [0, 0.05) is 15.6 Å². The molecule has 27 heavy (non-hydrogen) atoms. The standard InChI is InChI=1S/C22H14Cl2FNO/c23-19-5-3-16(4-6-19)18(13-26)11-17-12-20(24)7-10-22(17)27-14-15-1-8-21(25)9-2-15/h1-12H,14H2/b18-11+. The minimum atomic E-state index is -0.296. The first-order valence-electron chi connectivity index (χ1n) is 8.10. The van der Waals surface area contributed by atoms with E-state index in [2.05, 4.69) is 6.07 Å². The van der Waals surface area contributed by atoms with E-state index in [1.165, 1.54) is 12.1 Å². The summed E-state index contributed by atoms with van der Waals surface area (Å²) in [6, 6.07) is 20.5. The number of benzene rings is 3. The van der Waals surface area contributed by atoms with Gasteiger partial charge in [0.05, 0.1) is 11.6 Å². The summed E-state index contributed by atoms with van der Waals surface area (Å²) in [6.07, 6.45) is 1.72. The summed E-state index contributed by atoms with van der Waals surface area (Å²) in [7, 11) is 0. The van der Waals surface area contributed by atoms with Crippen LogP contribution in [0.4, 0.5) is 4.39 Å². The maximum Gasteiger partial charge on any atom is 0.127 e. The lowest BCUT2D eigenvalue weighted by Gasteiger charge is -2.11. The number of allylic oxidation sites excluding steroid dienone is 1. The van der Waals surface area contributed by atoms with E-state index in [1.54, 1.807) is 60.7 Å². The van der Waals surface area contributed by atoms with E-state index >= 15 is 0 Å². The lowest BCUT2D eigenvalue weighted by molar-refractivity contribution is 0.305. The van der Waals surface area contributed by atoms with Gasteiger partial charge in [-0.1, -0.05) is 47.5 Å². The number of rotatable bonds is 5. The lowest BCUT2D eigenvalue weighted by Crippen LogP contribution is -1.97. The fraction of sp³-hybridized carbons (Fsp3) is 0.0455. The Morgan fingerprint density at radius 1 is 0.963 bits per heavy atom. The van der Waals surface area contributed by atoms with Gasteiger partial charge < -0.3 is 4.74 Å². The molecule has 5 heteroatoms. The van der Waals surface area contributed by atoms with Crippen molar-refractivity contribution in [1.29, 1.82) is 5.26 Å². The van der Waals surface area contributed by atoms with E-state index in [0.717, 1.165) is 11.1 Å². The van der Waals surface area contributed by atoms with Gasteiger partial charge in [0.15, 0.2) is 0 Å². The molecule has 0 unspecified atom stereocenters. The number of nitriles is 1. The highest BCUT2D eigenvalue weighted by molar-refractivity contribution is 6.31. The average Bonchev–Trinajstić information content (AvgIpc) is 2.67. The van der Waals surface area contributed by atoms with Crippen LogP contribution < -0.4 is 4.74 Å². The van der Waals surface area contributed by atoms with E-state index in [9.17, 15) is 9.65 Å². The van der Waals surface area contributed by atoms with Crippen LogP contribution in [0.1, 0.15) is 16.7 Å². The van der Waals surface area contributed by atoms with Crippen molar-refractivity contribution in [2.24, 2.45) is 0 Å². The van der Waals surface area contributed by atoms with Crippen LogP contribution in [0, 0.1) is 17.1 Å². The molecule has 0 aliphatic rings. The fourth-order valence-corrected chi connectivity index (χ4v) is 2.78. The van der Waals surface area contributed by atoms with Crippen molar-refractivity contribution in [3.63, 3.8) is 0 Å². The van der Waals surface area contributed by atoms with Crippen LogP contribution in [0.15, 0.2) is 66.7 Å². The predicted octanol–water partition coefficient (Wildman–Crippen LogP) is 6.78. The van der Waals surface area contributed by atoms with Crippen LogP contribution in [0.2, 0.25) is 10.0 Å². The Morgan fingerprint density at radius 3 is 2.30 bits per heavy atom. The third-order valence-corrected chi connectivity index (χ3v) is 4.34. The third-order valence-electron chi connectivity index (χ3n) is 3.85. The van der Waals surface area contributed by atoms with Crippen molar-refractivity contribution in [3.05, 3.63) is 99.3 Å². The summed E-state index contributed by atoms with van der Waals surface area (Å²) >= 11 is 12.0. The van der Waals surface area contributed by atoms with E-state index in [4.69, 9.17) is 27.9 Å². The Labute approximate surface area is 167 Å². The first kappa shape index (κ1) is 19.0. The second-order valence-corrected chi connectivity index (χ2v) is 6.65. The van der Waals surface area contributed by atoms with E-state index < -0.39 is 0 Å². The van der Waals surface area contributed by atoms with Crippen LogP contribution in [0.25, 0.3) is 11.6 Å². The quantitative estimate of drug-likeness (QED) is 0.351. The fourth-order valence-electron chi connectivity index (χ4n) is 2.47. The van der Waals surface area contributed by atoms with Gasteiger partial charge in [0.1, 0.15) is 18.2 Å². The first-order chi connectivity index (χ1) is 13.0. The molecular weight excluding hydrogens is 384 g/mol. The summed E-state index contributed by atoms with van der Waals surface area (Å²) in [5, 5.41) is 10.7. The summed E-state index contributed by atoms with van der Waals surface area (Å²) < 4.78 is 18.9. The van der Waals surface area contributed by atoms with Crippen LogP contribution in [0.3, 0.4) is 0 Å². The average molecular weight is 398 g/mol. The van der Waals surface area contributed by atoms with Gasteiger partial charge in [-0.25, -0.2) is 4.39 Å². The van der Waals surface area contributed by atoms with Crippen molar-refractivity contribution < 1.29 is 9.13 Å². The van der Waals surface area contributed by atoms with E-state index in [0.29, 0.717) is 26.9 Å². The molecular formula is C22H14Cl2FNO. The van der Waals surface area contributed by atoms with Crippen LogP contribution in [-0.4, -0.2) is 0 Å². The van der Waals surface area contributed by atoms with Gasteiger partial charge in [0.25, 0.3) is 0 Å². The smallest absolute Gasteiger partial charge is 0.127 e. The molecule has 0 heterocycles. The zero-order valence-corrected chi connectivity index (χ0v) is 15.6.